The molecule has 0 aromatic carbocycles. The SMILES string of the molecule is CC(C)(C)N1CCCC1CN. The highest BCUT2D eigenvalue weighted by Gasteiger charge is 2.31. The average Bonchev–Trinajstić information content (AvgIpc) is 2.31. The average molecular weight is 156 g/mol. The highest BCUT2D eigenvalue weighted by Crippen LogP contribution is 2.25. The Morgan fingerprint density at radius 1 is 1.45 bits per heavy atom. The van der Waals surface area contributed by atoms with E-state index in [0.717, 1.165) is 6.54 Å². The minimum atomic E-state index is 0.306. The summed E-state index contributed by atoms with van der Waals surface area (Å²) >= 11 is 0. The van der Waals surface area contributed by atoms with Crippen LogP contribution in [0.5, 0.6) is 0 Å². The molecule has 1 aliphatic heterocycles. The smallest absolute Gasteiger partial charge is 0.0224 e. The number of rotatable bonds is 1. The van der Waals surface area contributed by atoms with Crippen molar-refractivity contribution in [3.63, 3.8) is 0 Å². The van der Waals surface area contributed by atoms with Gasteiger partial charge in [0.05, 0.1) is 0 Å². The molecular weight excluding hydrogens is 136 g/mol. The van der Waals surface area contributed by atoms with Gasteiger partial charge in [0.15, 0.2) is 0 Å². The van der Waals surface area contributed by atoms with Crippen LogP contribution in [-0.2, 0) is 0 Å². The molecule has 0 bridgehead atoms. The molecule has 1 saturated heterocycles. The van der Waals surface area contributed by atoms with Crippen molar-refractivity contribution in [1.82, 2.24) is 4.90 Å². The molecule has 2 heteroatoms. The molecule has 1 atom stereocenters. The van der Waals surface area contributed by atoms with E-state index < -0.39 is 0 Å². The van der Waals surface area contributed by atoms with Gasteiger partial charge in [-0.05, 0) is 40.2 Å². The quantitative estimate of drug-likeness (QED) is 0.618. The first-order valence-corrected chi connectivity index (χ1v) is 4.52. The Bertz CT molecular complexity index is 126. The fourth-order valence-electron chi connectivity index (χ4n) is 1.96. The highest BCUT2D eigenvalue weighted by atomic mass is 15.2. The third kappa shape index (κ3) is 1.94. The summed E-state index contributed by atoms with van der Waals surface area (Å²) in [5.41, 5.74) is 5.99. The first kappa shape index (κ1) is 9.01. The van der Waals surface area contributed by atoms with Crippen LogP contribution in [0, 0.1) is 0 Å². The van der Waals surface area contributed by atoms with Crippen molar-refractivity contribution in [3.05, 3.63) is 0 Å². The molecule has 1 fully saturated rings. The molecule has 0 aromatic heterocycles. The van der Waals surface area contributed by atoms with Gasteiger partial charge >= 0.3 is 0 Å². The lowest BCUT2D eigenvalue weighted by Gasteiger charge is -2.36. The highest BCUT2D eigenvalue weighted by molar-refractivity contribution is 4.88. The van der Waals surface area contributed by atoms with E-state index >= 15 is 0 Å². The molecule has 0 radical (unpaired) electrons. The summed E-state index contributed by atoms with van der Waals surface area (Å²) in [7, 11) is 0. The zero-order valence-electron chi connectivity index (χ0n) is 7.93. The molecular formula is C9H20N2. The Kier molecular flexibility index (Phi) is 2.55. The van der Waals surface area contributed by atoms with Gasteiger partial charge in [0, 0.05) is 18.1 Å². The van der Waals surface area contributed by atoms with Crippen LogP contribution in [-0.4, -0.2) is 29.6 Å². The van der Waals surface area contributed by atoms with E-state index in [0.29, 0.717) is 11.6 Å². The van der Waals surface area contributed by atoms with Crippen molar-refractivity contribution < 1.29 is 0 Å². The van der Waals surface area contributed by atoms with E-state index in [-0.39, 0.29) is 0 Å². The Balaban J connectivity index is 2.57. The molecule has 11 heavy (non-hydrogen) atoms. The molecule has 1 unspecified atom stereocenters. The Hall–Kier alpha value is -0.0800. The molecule has 2 N–H and O–H groups in total. The van der Waals surface area contributed by atoms with Crippen LogP contribution in [0.2, 0.25) is 0 Å². The molecule has 1 rings (SSSR count). The maximum absolute atomic E-state index is 5.68. The molecule has 0 spiro atoms. The lowest BCUT2D eigenvalue weighted by molar-refractivity contribution is 0.125. The first-order chi connectivity index (χ1) is 5.05. The largest absolute Gasteiger partial charge is 0.329 e. The molecule has 0 aromatic rings. The van der Waals surface area contributed by atoms with E-state index in [1.54, 1.807) is 0 Å². The Labute approximate surface area is 69.8 Å². The van der Waals surface area contributed by atoms with Crippen LogP contribution < -0.4 is 5.73 Å². The van der Waals surface area contributed by atoms with Crippen LogP contribution in [0.4, 0.5) is 0 Å². The summed E-state index contributed by atoms with van der Waals surface area (Å²) in [6.07, 6.45) is 2.60. The molecule has 1 aliphatic rings. The van der Waals surface area contributed by atoms with Gasteiger partial charge in [-0.1, -0.05) is 0 Å². The lowest BCUT2D eigenvalue weighted by Crippen LogP contribution is -2.47. The monoisotopic (exact) mass is 156 g/mol. The van der Waals surface area contributed by atoms with E-state index in [1.807, 2.05) is 0 Å². The fraction of sp³-hybridized carbons (Fsp3) is 1.00. The number of hydrogen-bond acceptors (Lipinski definition) is 2. The number of nitrogens with zero attached hydrogens (tertiary/aromatic N) is 1. The molecule has 0 saturated carbocycles. The second-order valence-electron chi connectivity index (χ2n) is 4.40. The second kappa shape index (κ2) is 3.11. The summed E-state index contributed by atoms with van der Waals surface area (Å²) in [6.45, 7) is 8.84. The van der Waals surface area contributed by atoms with E-state index in [9.17, 15) is 0 Å². The van der Waals surface area contributed by atoms with Gasteiger partial charge < -0.3 is 5.73 Å². The number of nitrogens with two attached hydrogens (primary N) is 1. The predicted octanol–water partition coefficient (Wildman–Crippen LogP) is 1.21. The normalized spacial score (nSPS) is 27.8. The standard InChI is InChI=1S/C9H20N2/c1-9(2,3)11-6-4-5-8(11)7-10/h8H,4-7,10H2,1-3H3. The topological polar surface area (TPSA) is 29.3 Å². The number of likely N-dealkylation sites (tertiary alicyclic amines) is 1. The third-order valence-electron chi connectivity index (χ3n) is 2.51. The molecule has 66 valence electrons. The van der Waals surface area contributed by atoms with Crippen LogP contribution in [0.3, 0.4) is 0 Å². The first-order valence-electron chi connectivity index (χ1n) is 4.52. The van der Waals surface area contributed by atoms with E-state index in [2.05, 4.69) is 25.7 Å². The minimum absolute atomic E-state index is 0.306. The molecule has 2 nitrogen and oxygen atoms in total. The van der Waals surface area contributed by atoms with Crippen LogP contribution in [0.25, 0.3) is 0 Å². The van der Waals surface area contributed by atoms with Gasteiger partial charge in [-0.2, -0.15) is 0 Å². The van der Waals surface area contributed by atoms with Gasteiger partial charge in [0.25, 0.3) is 0 Å². The Morgan fingerprint density at radius 2 is 2.09 bits per heavy atom. The van der Waals surface area contributed by atoms with Crippen molar-refractivity contribution in [3.8, 4) is 0 Å². The van der Waals surface area contributed by atoms with Gasteiger partial charge in [0.1, 0.15) is 0 Å². The minimum Gasteiger partial charge on any atom is -0.329 e. The van der Waals surface area contributed by atoms with Crippen molar-refractivity contribution in [2.75, 3.05) is 13.1 Å². The predicted molar refractivity (Wildman–Crippen MR) is 48.5 cm³/mol. The summed E-state index contributed by atoms with van der Waals surface area (Å²) in [4.78, 5) is 2.52. The maximum Gasteiger partial charge on any atom is 0.0224 e. The van der Waals surface area contributed by atoms with Crippen LogP contribution >= 0.6 is 0 Å². The number of hydrogen-bond donors (Lipinski definition) is 1. The van der Waals surface area contributed by atoms with Gasteiger partial charge in [0.2, 0.25) is 0 Å². The Morgan fingerprint density at radius 3 is 2.45 bits per heavy atom. The molecule has 0 amide bonds. The lowest BCUT2D eigenvalue weighted by atomic mass is 10.0. The van der Waals surface area contributed by atoms with Crippen molar-refractivity contribution in [2.24, 2.45) is 5.73 Å². The summed E-state index contributed by atoms with van der Waals surface area (Å²) < 4.78 is 0. The molecule has 0 aliphatic carbocycles. The van der Waals surface area contributed by atoms with Crippen molar-refractivity contribution in [2.45, 2.75) is 45.2 Å². The fourth-order valence-corrected chi connectivity index (χ4v) is 1.96. The second-order valence-corrected chi connectivity index (χ2v) is 4.40. The third-order valence-corrected chi connectivity index (χ3v) is 2.51. The van der Waals surface area contributed by atoms with Crippen molar-refractivity contribution >= 4 is 0 Å². The van der Waals surface area contributed by atoms with E-state index in [1.165, 1.54) is 19.4 Å². The van der Waals surface area contributed by atoms with Crippen molar-refractivity contribution in [1.29, 1.82) is 0 Å². The summed E-state index contributed by atoms with van der Waals surface area (Å²) in [5, 5.41) is 0. The zero-order chi connectivity index (χ0) is 8.48. The molecule has 1 heterocycles. The van der Waals surface area contributed by atoms with Gasteiger partial charge in [-0.3, -0.25) is 4.90 Å². The van der Waals surface area contributed by atoms with Gasteiger partial charge in [-0.15, -0.1) is 0 Å². The van der Waals surface area contributed by atoms with Crippen LogP contribution in [0.15, 0.2) is 0 Å². The van der Waals surface area contributed by atoms with E-state index in [4.69, 9.17) is 5.73 Å². The summed E-state index contributed by atoms with van der Waals surface area (Å²) in [6, 6.07) is 0.634. The zero-order valence-corrected chi connectivity index (χ0v) is 7.93. The van der Waals surface area contributed by atoms with Gasteiger partial charge in [-0.25, -0.2) is 0 Å². The maximum atomic E-state index is 5.68. The summed E-state index contributed by atoms with van der Waals surface area (Å²) in [5.74, 6) is 0. The van der Waals surface area contributed by atoms with Crippen LogP contribution in [0.1, 0.15) is 33.6 Å².